The zero-order valence-electron chi connectivity index (χ0n) is 14.7. The summed E-state index contributed by atoms with van der Waals surface area (Å²) in [7, 11) is 0. The fourth-order valence-electron chi connectivity index (χ4n) is 3.96. The van der Waals surface area contributed by atoms with E-state index in [1.807, 2.05) is 11.5 Å². The predicted molar refractivity (Wildman–Crippen MR) is 102 cm³/mol. The fraction of sp³-hybridized carbons (Fsp3) is 0.316. The lowest BCUT2D eigenvalue weighted by atomic mass is 9.97. The quantitative estimate of drug-likeness (QED) is 0.597. The maximum absolute atomic E-state index is 14.7. The monoisotopic (exact) mass is 422 g/mol. The van der Waals surface area contributed by atoms with Crippen molar-refractivity contribution in [2.75, 3.05) is 0 Å². The highest BCUT2D eigenvalue weighted by Gasteiger charge is 2.37. The standard InChI is InChI=1S/C19H14ClF3N4S/c1-8-25-26-14-7-24-17(16-11(20)3-2-4-12(16)21)15-10-5-9(18(22)23)6-13(10)28-19(15)27(8)14/h2-4,9,18H,5-7H2,1H3/t9-/m1/s1. The van der Waals surface area contributed by atoms with E-state index in [2.05, 4.69) is 15.2 Å². The molecule has 3 heterocycles. The van der Waals surface area contributed by atoms with E-state index in [1.54, 1.807) is 6.07 Å². The van der Waals surface area contributed by atoms with Gasteiger partial charge in [-0.25, -0.2) is 13.2 Å². The van der Waals surface area contributed by atoms with E-state index >= 15 is 0 Å². The molecule has 4 nitrogen and oxygen atoms in total. The largest absolute Gasteiger partial charge is 0.276 e. The molecule has 2 aromatic heterocycles. The van der Waals surface area contributed by atoms with Crippen LogP contribution in [0.25, 0.3) is 5.00 Å². The molecule has 0 radical (unpaired) electrons. The van der Waals surface area contributed by atoms with Crippen molar-refractivity contribution in [2.45, 2.75) is 32.7 Å². The second kappa shape index (κ2) is 6.42. The summed E-state index contributed by atoms with van der Waals surface area (Å²) in [5.74, 6) is 0.0905. The number of hydrogen-bond acceptors (Lipinski definition) is 4. The maximum atomic E-state index is 14.7. The summed E-state index contributed by atoms with van der Waals surface area (Å²) < 4.78 is 43.4. The van der Waals surface area contributed by atoms with Crippen molar-refractivity contribution in [1.82, 2.24) is 14.8 Å². The zero-order valence-corrected chi connectivity index (χ0v) is 16.3. The van der Waals surface area contributed by atoms with E-state index in [0.29, 0.717) is 29.3 Å². The molecule has 1 aliphatic carbocycles. The van der Waals surface area contributed by atoms with Crippen LogP contribution in [-0.4, -0.2) is 26.9 Å². The Morgan fingerprint density at radius 2 is 2.04 bits per heavy atom. The molecular weight excluding hydrogens is 409 g/mol. The van der Waals surface area contributed by atoms with Crippen molar-refractivity contribution in [3.63, 3.8) is 0 Å². The molecule has 0 N–H and O–H groups in total. The van der Waals surface area contributed by atoms with Crippen molar-refractivity contribution < 1.29 is 13.2 Å². The summed E-state index contributed by atoms with van der Waals surface area (Å²) in [6, 6.07) is 4.46. The highest BCUT2D eigenvalue weighted by Crippen LogP contribution is 2.44. The van der Waals surface area contributed by atoms with Crippen LogP contribution in [0.5, 0.6) is 0 Å². The number of halogens is 4. The van der Waals surface area contributed by atoms with E-state index in [4.69, 9.17) is 11.6 Å². The first-order valence-electron chi connectivity index (χ1n) is 8.79. The summed E-state index contributed by atoms with van der Waals surface area (Å²) in [4.78, 5) is 5.50. The molecule has 1 aliphatic heterocycles. The minimum atomic E-state index is -2.40. The van der Waals surface area contributed by atoms with Gasteiger partial charge in [0.15, 0.2) is 5.82 Å². The van der Waals surface area contributed by atoms with Crippen molar-refractivity contribution in [2.24, 2.45) is 10.9 Å². The number of aryl methyl sites for hydroxylation is 1. The SMILES string of the molecule is Cc1nnc2n1-c1sc3c(c1C(c1c(F)cccc1Cl)=NC2)C[C@@H](C(F)F)C3. The second-order valence-electron chi connectivity index (χ2n) is 6.95. The zero-order chi connectivity index (χ0) is 19.6. The summed E-state index contributed by atoms with van der Waals surface area (Å²) in [5, 5.41) is 9.34. The number of aliphatic imine (C=N–C) groups is 1. The van der Waals surface area contributed by atoms with Crippen LogP contribution in [0.1, 0.15) is 33.2 Å². The smallest absolute Gasteiger partial charge is 0.242 e. The van der Waals surface area contributed by atoms with Gasteiger partial charge in [0.25, 0.3) is 0 Å². The first kappa shape index (κ1) is 17.9. The lowest BCUT2D eigenvalue weighted by Gasteiger charge is -2.13. The average molecular weight is 423 g/mol. The number of fused-ring (bicyclic) bond motifs is 5. The molecule has 0 bridgehead atoms. The molecule has 1 aromatic carbocycles. The van der Waals surface area contributed by atoms with E-state index in [9.17, 15) is 13.2 Å². The van der Waals surface area contributed by atoms with Crippen LogP contribution in [0.4, 0.5) is 13.2 Å². The first-order chi connectivity index (χ1) is 13.5. The minimum Gasteiger partial charge on any atom is -0.276 e. The molecule has 0 saturated carbocycles. The fourth-order valence-corrected chi connectivity index (χ4v) is 5.70. The van der Waals surface area contributed by atoms with Crippen molar-refractivity contribution >= 4 is 28.6 Å². The van der Waals surface area contributed by atoms with Crippen LogP contribution < -0.4 is 0 Å². The van der Waals surface area contributed by atoms with E-state index in [1.165, 1.54) is 23.5 Å². The van der Waals surface area contributed by atoms with Gasteiger partial charge in [0.05, 0.1) is 16.3 Å². The second-order valence-corrected chi connectivity index (χ2v) is 8.44. The topological polar surface area (TPSA) is 43.1 Å². The average Bonchev–Trinajstić information content (AvgIpc) is 3.27. The molecule has 1 atom stereocenters. The molecular formula is C19H14ClF3N4S. The highest BCUT2D eigenvalue weighted by atomic mass is 35.5. The van der Waals surface area contributed by atoms with Crippen LogP contribution >= 0.6 is 22.9 Å². The summed E-state index contributed by atoms with van der Waals surface area (Å²) in [6.45, 7) is 2.03. The molecule has 9 heteroatoms. The minimum absolute atomic E-state index is 0.197. The number of rotatable bonds is 2. The van der Waals surface area contributed by atoms with E-state index < -0.39 is 18.2 Å². The van der Waals surface area contributed by atoms with Gasteiger partial charge in [0.1, 0.15) is 23.2 Å². The van der Waals surface area contributed by atoms with Crippen LogP contribution in [0.3, 0.4) is 0 Å². The number of thiophene rings is 1. The Morgan fingerprint density at radius 3 is 2.79 bits per heavy atom. The molecule has 0 fully saturated rings. The maximum Gasteiger partial charge on any atom is 0.242 e. The highest BCUT2D eigenvalue weighted by molar-refractivity contribution is 7.15. The number of aromatic nitrogens is 3. The summed E-state index contributed by atoms with van der Waals surface area (Å²) in [6.07, 6.45) is -1.86. The van der Waals surface area contributed by atoms with E-state index in [-0.39, 0.29) is 23.6 Å². The lowest BCUT2D eigenvalue weighted by Crippen LogP contribution is -2.14. The third kappa shape index (κ3) is 2.54. The van der Waals surface area contributed by atoms with Gasteiger partial charge in [-0.2, -0.15) is 0 Å². The van der Waals surface area contributed by atoms with Gasteiger partial charge in [-0.1, -0.05) is 17.7 Å². The summed E-state index contributed by atoms with van der Waals surface area (Å²) in [5.41, 5.74) is 2.08. The third-order valence-electron chi connectivity index (χ3n) is 5.25. The molecule has 3 aromatic rings. The number of benzene rings is 1. The van der Waals surface area contributed by atoms with Crippen molar-refractivity contribution in [3.05, 3.63) is 62.3 Å². The van der Waals surface area contributed by atoms with Crippen molar-refractivity contribution in [3.8, 4) is 5.00 Å². The van der Waals surface area contributed by atoms with Gasteiger partial charge in [-0.15, -0.1) is 21.5 Å². The van der Waals surface area contributed by atoms with Gasteiger partial charge in [0.2, 0.25) is 6.43 Å². The Balaban J connectivity index is 1.78. The van der Waals surface area contributed by atoms with Gasteiger partial charge in [-0.3, -0.25) is 9.56 Å². The predicted octanol–water partition coefficient (Wildman–Crippen LogP) is 4.76. The van der Waals surface area contributed by atoms with Crippen LogP contribution in [0.15, 0.2) is 23.2 Å². The summed E-state index contributed by atoms with van der Waals surface area (Å²) >= 11 is 7.76. The Hall–Kier alpha value is -2.19. The van der Waals surface area contributed by atoms with Crippen molar-refractivity contribution in [1.29, 1.82) is 0 Å². The van der Waals surface area contributed by atoms with Gasteiger partial charge >= 0.3 is 0 Å². The Labute approximate surface area is 167 Å². The molecule has 0 amide bonds. The lowest BCUT2D eigenvalue weighted by molar-refractivity contribution is 0.0826. The Morgan fingerprint density at radius 1 is 1.21 bits per heavy atom. The Kier molecular flexibility index (Phi) is 4.10. The van der Waals surface area contributed by atoms with Gasteiger partial charge in [-0.05, 0) is 37.5 Å². The number of nitrogens with zero attached hydrogens (tertiary/aromatic N) is 4. The molecule has 28 heavy (non-hydrogen) atoms. The molecule has 144 valence electrons. The normalized spacial score (nSPS) is 17.9. The van der Waals surface area contributed by atoms with Crippen LogP contribution in [-0.2, 0) is 19.4 Å². The molecule has 0 unspecified atom stereocenters. The number of alkyl halides is 2. The molecule has 0 spiro atoms. The molecule has 2 aliphatic rings. The molecule has 0 saturated heterocycles. The van der Waals surface area contributed by atoms with Gasteiger partial charge in [0, 0.05) is 16.4 Å². The number of hydrogen-bond donors (Lipinski definition) is 0. The molecule has 5 rings (SSSR count). The first-order valence-corrected chi connectivity index (χ1v) is 9.98. The third-order valence-corrected chi connectivity index (χ3v) is 6.81. The van der Waals surface area contributed by atoms with Crippen LogP contribution in [0.2, 0.25) is 5.02 Å². The van der Waals surface area contributed by atoms with Crippen LogP contribution in [0, 0.1) is 18.7 Å². The van der Waals surface area contributed by atoms with Gasteiger partial charge < -0.3 is 0 Å². The van der Waals surface area contributed by atoms with E-state index in [0.717, 1.165) is 15.4 Å². The Bertz CT molecular complexity index is 1110.